The summed E-state index contributed by atoms with van der Waals surface area (Å²) in [4.78, 5) is 23.4. The lowest BCUT2D eigenvalue weighted by atomic mass is 10.0. The van der Waals surface area contributed by atoms with Gasteiger partial charge in [0.25, 0.3) is 0 Å². The first kappa shape index (κ1) is 17.2. The number of anilines is 1. The number of ketones is 1. The highest BCUT2D eigenvalue weighted by atomic mass is 16.1. The zero-order chi connectivity index (χ0) is 18.5. The molecule has 134 valence electrons. The third kappa shape index (κ3) is 4.11. The molecule has 0 unspecified atom stereocenters. The van der Waals surface area contributed by atoms with E-state index in [1.165, 1.54) is 12.8 Å². The Morgan fingerprint density at radius 3 is 2.15 bits per heavy atom. The van der Waals surface area contributed by atoms with Crippen molar-refractivity contribution in [1.29, 1.82) is 0 Å². The van der Waals surface area contributed by atoms with Crippen LogP contribution in [0.3, 0.4) is 0 Å². The third-order valence-corrected chi connectivity index (χ3v) is 4.75. The Balaban J connectivity index is 1.42. The van der Waals surface area contributed by atoms with E-state index in [-0.39, 0.29) is 5.78 Å². The fourth-order valence-corrected chi connectivity index (χ4v) is 3.22. The maximum atomic E-state index is 12.4. The van der Waals surface area contributed by atoms with Crippen molar-refractivity contribution in [3.63, 3.8) is 0 Å². The van der Waals surface area contributed by atoms with Crippen LogP contribution in [0.25, 0.3) is 17.2 Å². The van der Waals surface area contributed by atoms with Gasteiger partial charge >= 0.3 is 0 Å². The van der Waals surface area contributed by atoms with Gasteiger partial charge in [-0.25, -0.2) is 9.97 Å². The number of carbonyl (C=O) groups is 1. The van der Waals surface area contributed by atoms with Gasteiger partial charge < -0.3 is 4.90 Å². The predicted octanol–water partition coefficient (Wildman–Crippen LogP) is 4.64. The maximum absolute atomic E-state index is 12.4. The zero-order valence-corrected chi connectivity index (χ0v) is 15.1. The van der Waals surface area contributed by atoms with Gasteiger partial charge in [0, 0.05) is 36.6 Å². The van der Waals surface area contributed by atoms with E-state index in [0.29, 0.717) is 5.56 Å². The van der Waals surface area contributed by atoms with Gasteiger partial charge in [0.2, 0.25) is 5.95 Å². The molecule has 1 aliphatic heterocycles. The average molecular weight is 355 g/mol. The Morgan fingerprint density at radius 1 is 0.852 bits per heavy atom. The predicted molar refractivity (Wildman–Crippen MR) is 109 cm³/mol. The fraction of sp³-hybridized carbons (Fsp3) is 0.174. The van der Waals surface area contributed by atoms with Crippen LogP contribution in [0.15, 0.2) is 73.1 Å². The molecule has 0 radical (unpaired) electrons. The summed E-state index contributed by atoms with van der Waals surface area (Å²) in [5.41, 5.74) is 3.73. The van der Waals surface area contributed by atoms with Gasteiger partial charge in [0.1, 0.15) is 0 Å². The van der Waals surface area contributed by atoms with Crippen LogP contribution in [0.1, 0.15) is 28.8 Å². The first-order valence-electron chi connectivity index (χ1n) is 9.24. The lowest BCUT2D eigenvalue weighted by molar-refractivity contribution is 0.104. The van der Waals surface area contributed by atoms with Gasteiger partial charge in [-0.1, -0.05) is 54.6 Å². The van der Waals surface area contributed by atoms with Crippen LogP contribution >= 0.6 is 0 Å². The van der Waals surface area contributed by atoms with Gasteiger partial charge in [0.15, 0.2) is 5.78 Å². The summed E-state index contributed by atoms with van der Waals surface area (Å²) in [5.74, 6) is 0.741. The average Bonchev–Trinajstić information content (AvgIpc) is 3.28. The molecule has 4 rings (SSSR count). The minimum Gasteiger partial charge on any atom is -0.341 e. The number of carbonyl (C=O) groups excluding carboxylic acids is 1. The highest BCUT2D eigenvalue weighted by Crippen LogP contribution is 2.20. The fourth-order valence-electron chi connectivity index (χ4n) is 3.22. The molecule has 1 saturated heterocycles. The number of hydrogen-bond acceptors (Lipinski definition) is 4. The minimum absolute atomic E-state index is 0.0294. The Labute approximate surface area is 159 Å². The molecule has 0 atom stereocenters. The van der Waals surface area contributed by atoms with Gasteiger partial charge in [-0.2, -0.15) is 0 Å². The van der Waals surface area contributed by atoms with Crippen molar-refractivity contribution in [1.82, 2.24) is 9.97 Å². The highest BCUT2D eigenvalue weighted by molar-refractivity contribution is 6.07. The van der Waals surface area contributed by atoms with E-state index in [1.807, 2.05) is 42.5 Å². The molecule has 2 heterocycles. The van der Waals surface area contributed by atoms with Crippen LogP contribution in [0.2, 0.25) is 0 Å². The Bertz CT molecular complexity index is 926. The lowest BCUT2D eigenvalue weighted by Crippen LogP contribution is -2.20. The summed E-state index contributed by atoms with van der Waals surface area (Å²) in [6.07, 6.45) is 9.27. The second kappa shape index (κ2) is 7.96. The van der Waals surface area contributed by atoms with Crippen molar-refractivity contribution in [2.24, 2.45) is 0 Å². The summed E-state index contributed by atoms with van der Waals surface area (Å²) in [7, 11) is 0. The molecule has 0 amide bonds. The van der Waals surface area contributed by atoms with E-state index in [4.69, 9.17) is 0 Å². The van der Waals surface area contributed by atoms with E-state index >= 15 is 0 Å². The highest BCUT2D eigenvalue weighted by Gasteiger charge is 2.14. The molecule has 1 aliphatic rings. The molecule has 27 heavy (non-hydrogen) atoms. The van der Waals surface area contributed by atoms with Crippen LogP contribution in [-0.2, 0) is 0 Å². The maximum Gasteiger partial charge on any atom is 0.225 e. The Kier molecular flexibility index (Phi) is 5.06. The molecule has 4 heteroatoms. The molecule has 0 bridgehead atoms. The molecular weight excluding hydrogens is 334 g/mol. The van der Waals surface area contributed by atoms with E-state index in [1.54, 1.807) is 24.5 Å². The van der Waals surface area contributed by atoms with Gasteiger partial charge in [-0.05, 0) is 36.1 Å². The van der Waals surface area contributed by atoms with Crippen molar-refractivity contribution in [2.75, 3.05) is 18.0 Å². The molecule has 2 aromatic carbocycles. The van der Waals surface area contributed by atoms with E-state index in [2.05, 4.69) is 27.0 Å². The number of rotatable bonds is 5. The first-order valence-corrected chi connectivity index (χ1v) is 9.24. The summed E-state index contributed by atoms with van der Waals surface area (Å²) >= 11 is 0. The molecular formula is C23H21N3O. The molecule has 4 nitrogen and oxygen atoms in total. The van der Waals surface area contributed by atoms with Crippen molar-refractivity contribution < 1.29 is 4.79 Å². The largest absolute Gasteiger partial charge is 0.341 e. The standard InChI is InChI=1S/C23H21N3O/c27-22(21-11-9-20(10-12-21)19-6-2-1-3-7-19)13-8-18-16-24-23(25-17-18)26-14-4-5-15-26/h1-3,6-13,16-17H,4-5,14-15H2/b13-8+. The second-order valence-electron chi connectivity index (χ2n) is 6.65. The van der Waals surface area contributed by atoms with E-state index in [9.17, 15) is 4.79 Å². The summed E-state index contributed by atoms with van der Waals surface area (Å²) in [6, 6.07) is 17.8. The van der Waals surface area contributed by atoms with Crippen molar-refractivity contribution in [3.05, 3.63) is 84.2 Å². The SMILES string of the molecule is O=C(/C=C/c1cnc(N2CCCC2)nc1)c1ccc(-c2ccccc2)cc1. The lowest BCUT2D eigenvalue weighted by Gasteiger charge is -2.14. The molecule has 1 fully saturated rings. The Morgan fingerprint density at radius 2 is 1.48 bits per heavy atom. The quantitative estimate of drug-likeness (QED) is 0.494. The topological polar surface area (TPSA) is 46.1 Å². The molecule has 0 aliphatic carbocycles. The normalized spacial score (nSPS) is 14.0. The zero-order valence-electron chi connectivity index (χ0n) is 15.1. The van der Waals surface area contributed by atoms with E-state index in [0.717, 1.165) is 35.7 Å². The molecule has 0 saturated carbocycles. The second-order valence-corrected chi connectivity index (χ2v) is 6.65. The van der Waals surface area contributed by atoms with Gasteiger partial charge in [-0.15, -0.1) is 0 Å². The number of hydrogen-bond donors (Lipinski definition) is 0. The van der Waals surface area contributed by atoms with Crippen LogP contribution in [-0.4, -0.2) is 28.8 Å². The van der Waals surface area contributed by atoms with Crippen LogP contribution in [0.4, 0.5) is 5.95 Å². The monoisotopic (exact) mass is 355 g/mol. The summed E-state index contributed by atoms with van der Waals surface area (Å²) < 4.78 is 0. The minimum atomic E-state index is -0.0294. The first-order chi connectivity index (χ1) is 13.3. The third-order valence-electron chi connectivity index (χ3n) is 4.75. The number of benzene rings is 2. The smallest absolute Gasteiger partial charge is 0.225 e. The number of allylic oxidation sites excluding steroid dienone is 1. The number of aromatic nitrogens is 2. The summed E-state index contributed by atoms with van der Waals surface area (Å²) in [5, 5.41) is 0. The van der Waals surface area contributed by atoms with Gasteiger partial charge in [-0.3, -0.25) is 4.79 Å². The van der Waals surface area contributed by atoms with Crippen molar-refractivity contribution >= 4 is 17.8 Å². The Hall–Kier alpha value is -3.27. The van der Waals surface area contributed by atoms with Crippen LogP contribution in [0, 0.1) is 0 Å². The molecule has 0 N–H and O–H groups in total. The molecule has 1 aromatic heterocycles. The van der Waals surface area contributed by atoms with Crippen molar-refractivity contribution in [2.45, 2.75) is 12.8 Å². The molecule has 3 aromatic rings. The van der Waals surface area contributed by atoms with Gasteiger partial charge in [0.05, 0.1) is 0 Å². The van der Waals surface area contributed by atoms with Crippen molar-refractivity contribution in [3.8, 4) is 11.1 Å². The summed E-state index contributed by atoms with van der Waals surface area (Å²) in [6.45, 7) is 2.04. The van der Waals surface area contributed by atoms with Crippen LogP contribution in [0.5, 0.6) is 0 Å². The van der Waals surface area contributed by atoms with E-state index < -0.39 is 0 Å². The number of nitrogens with zero attached hydrogens (tertiary/aromatic N) is 3. The molecule has 0 spiro atoms. The van der Waals surface area contributed by atoms with Crippen LogP contribution < -0.4 is 4.90 Å².